The normalized spacial score (nSPS) is 14.5. The average molecular weight is 376 g/mol. The van der Waals surface area contributed by atoms with Crippen molar-refractivity contribution in [3.05, 3.63) is 76.6 Å². The lowest BCUT2D eigenvalue weighted by Crippen LogP contribution is -2.32. The third kappa shape index (κ3) is 3.83. The molecule has 0 unspecified atom stereocenters. The lowest BCUT2D eigenvalue weighted by atomic mass is 9.96. The van der Waals surface area contributed by atoms with Gasteiger partial charge in [-0.25, -0.2) is 10.00 Å². The summed E-state index contributed by atoms with van der Waals surface area (Å²) in [6.07, 6.45) is 7.03. The van der Waals surface area contributed by atoms with Crippen LogP contribution in [-0.2, 0) is 24.2 Å². The van der Waals surface area contributed by atoms with E-state index in [-0.39, 0.29) is 0 Å². The number of carbonyl (C=O) groups is 1. The second-order valence-corrected chi connectivity index (χ2v) is 7.21. The van der Waals surface area contributed by atoms with Gasteiger partial charge in [-0.2, -0.15) is 5.10 Å². The molecule has 0 fully saturated rings. The van der Waals surface area contributed by atoms with Gasteiger partial charge in [0, 0.05) is 37.5 Å². The second-order valence-electron chi connectivity index (χ2n) is 7.21. The highest BCUT2D eigenvalue weighted by molar-refractivity contribution is 5.90. The molecule has 0 bridgehead atoms. The molecule has 0 radical (unpaired) electrons. The van der Waals surface area contributed by atoms with Gasteiger partial charge in [0.15, 0.2) is 0 Å². The first-order valence-corrected chi connectivity index (χ1v) is 9.53. The van der Waals surface area contributed by atoms with E-state index in [9.17, 15) is 4.79 Å². The van der Waals surface area contributed by atoms with Crippen LogP contribution >= 0.6 is 0 Å². The summed E-state index contributed by atoms with van der Waals surface area (Å²) in [6, 6.07) is 12.5. The Morgan fingerprint density at radius 1 is 1.29 bits per heavy atom. The van der Waals surface area contributed by atoms with Gasteiger partial charge < -0.3 is 0 Å². The van der Waals surface area contributed by atoms with E-state index in [1.165, 1.54) is 28.3 Å². The quantitative estimate of drug-likeness (QED) is 0.408. The number of benzene rings is 1. The van der Waals surface area contributed by atoms with Crippen molar-refractivity contribution in [1.82, 2.24) is 20.0 Å². The van der Waals surface area contributed by atoms with Gasteiger partial charge >= 0.3 is 0 Å². The number of aryl methyl sites for hydroxylation is 1. The van der Waals surface area contributed by atoms with Crippen molar-refractivity contribution in [3.63, 3.8) is 0 Å². The second kappa shape index (κ2) is 7.96. The number of hydrogen-bond donors (Lipinski definition) is 2. The van der Waals surface area contributed by atoms with Gasteiger partial charge in [-0.05, 0) is 54.7 Å². The number of nitrogens with one attached hydrogen (secondary N) is 1. The molecule has 2 N–H and O–H groups in total. The molecule has 0 saturated carbocycles. The number of pyridine rings is 1. The standard InChI is InChI=1S/C22H24N4O2/c1-16-20(21-4-2-3-11-26(21)23-16)10-13-25-12-9-18-14-17(5-7-19(18)15-25)6-8-22(27)24-28/h2-8,11,14,28H,9-10,12-13,15H2,1H3,(H,24,27)/b8-6+. The van der Waals surface area contributed by atoms with Crippen LogP contribution in [-0.4, -0.2) is 38.7 Å². The summed E-state index contributed by atoms with van der Waals surface area (Å²) >= 11 is 0. The molecule has 2 aromatic heterocycles. The van der Waals surface area contributed by atoms with Crippen LogP contribution in [0.15, 0.2) is 48.7 Å². The molecule has 0 spiro atoms. The number of nitrogens with zero attached hydrogens (tertiary/aromatic N) is 3. The molecular weight excluding hydrogens is 352 g/mol. The minimum Gasteiger partial charge on any atom is -0.298 e. The summed E-state index contributed by atoms with van der Waals surface area (Å²) in [5, 5.41) is 13.2. The summed E-state index contributed by atoms with van der Waals surface area (Å²) in [5.74, 6) is -0.521. The van der Waals surface area contributed by atoms with Crippen LogP contribution in [0.4, 0.5) is 0 Å². The van der Waals surface area contributed by atoms with Gasteiger partial charge in [0.1, 0.15) is 0 Å². The van der Waals surface area contributed by atoms with Gasteiger partial charge in [-0.15, -0.1) is 0 Å². The highest BCUT2D eigenvalue weighted by atomic mass is 16.5. The zero-order valence-corrected chi connectivity index (χ0v) is 15.9. The van der Waals surface area contributed by atoms with E-state index in [4.69, 9.17) is 5.21 Å². The minimum atomic E-state index is -0.521. The number of hydroxylamine groups is 1. The molecule has 1 aromatic carbocycles. The topological polar surface area (TPSA) is 69.9 Å². The first kappa shape index (κ1) is 18.4. The van der Waals surface area contributed by atoms with Crippen LogP contribution in [0.1, 0.15) is 27.9 Å². The van der Waals surface area contributed by atoms with Crippen molar-refractivity contribution < 1.29 is 10.0 Å². The lowest BCUT2D eigenvalue weighted by Gasteiger charge is -2.29. The number of amides is 1. The zero-order valence-electron chi connectivity index (χ0n) is 15.9. The van der Waals surface area contributed by atoms with Crippen LogP contribution in [0, 0.1) is 6.92 Å². The Morgan fingerprint density at radius 3 is 3.04 bits per heavy atom. The van der Waals surface area contributed by atoms with Crippen molar-refractivity contribution in [1.29, 1.82) is 0 Å². The molecule has 0 aliphatic carbocycles. The fourth-order valence-corrected chi connectivity index (χ4v) is 3.88. The molecule has 6 nitrogen and oxygen atoms in total. The number of carbonyl (C=O) groups excluding carboxylic acids is 1. The van der Waals surface area contributed by atoms with Gasteiger partial charge in [-0.1, -0.05) is 24.3 Å². The van der Waals surface area contributed by atoms with E-state index in [0.29, 0.717) is 0 Å². The largest absolute Gasteiger partial charge is 0.298 e. The van der Waals surface area contributed by atoms with Crippen LogP contribution in [0.2, 0.25) is 0 Å². The number of rotatable bonds is 5. The molecule has 0 atom stereocenters. The van der Waals surface area contributed by atoms with Crippen molar-refractivity contribution in [2.24, 2.45) is 0 Å². The summed E-state index contributed by atoms with van der Waals surface area (Å²) < 4.78 is 1.96. The van der Waals surface area contributed by atoms with E-state index >= 15 is 0 Å². The zero-order chi connectivity index (χ0) is 19.5. The molecule has 6 heteroatoms. The molecule has 4 rings (SSSR count). The molecule has 1 amide bonds. The van der Waals surface area contributed by atoms with Crippen LogP contribution < -0.4 is 5.48 Å². The minimum absolute atomic E-state index is 0.521. The van der Waals surface area contributed by atoms with Gasteiger partial charge in [-0.3, -0.25) is 14.9 Å². The molecule has 3 aromatic rings. The van der Waals surface area contributed by atoms with E-state index in [2.05, 4.69) is 41.2 Å². The summed E-state index contributed by atoms with van der Waals surface area (Å²) in [4.78, 5) is 13.6. The van der Waals surface area contributed by atoms with Crippen LogP contribution in [0.3, 0.4) is 0 Å². The van der Waals surface area contributed by atoms with Gasteiger partial charge in [0.25, 0.3) is 5.91 Å². The van der Waals surface area contributed by atoms with Gasteiger partial charge in [0.05, 0.1) is 11.2 Å². The maximum atomic E-state index is 11.1. The molecule has 3 heterocycles. The smallest absolute Gasteiger partial charge is 0.267 e. The highest BCUT2D eigenvalue weighted by Gasteiger charge is 2.17. The van der Waals surface area contributed by atoms with Crippen molar-refractivity contribution in [2.75, 3.05) is 13.1 Å². The van der Waals surface area contributed by atoms with E-state index < -0.39 is 5.91 Å². The summed E-state index contributed by atoms with van der Waals surface area (Å²) in [7, 11) is 0. The third-order valence-corrected chi connectivity index (χ3v) is 5.38. The van der Waals surface area contributed by atoms with E-state index in [1.54, 1.807) is 11.6 Å². The predicted molar refractivity (Wildman–Crippen MR) is 108 cm³/mol. The first-order valence-electron chi connectivity index (χ1n) is 9.53. The molecule has 1 aliphatic rings. The SMILES string of the molecule is Cc1nn2ccccc2c1CCN1CCc2cc(/C=C/C(=O)NO)ccc2C1. The van der Waals surface area contributed by atoms with Crippen LogP contribution in [0.5, 0.6) is 0 Å². The Balaban J connectivity index is 1.42. The first-order chi connectivity index (χ1) is 13.6. The fourth-order valence-electron chi connectivity index (χ4n) is 3.88. The Kier molecular flexibility index (Phi) is 5.23. The summed E-state index contributed by atoms with van der Waals surface area (Å²) in [5.41, 5.74) is 8.87. The fraction of sp³-hybridized carbons (Fsp3) is 0.273. The number of aromatic nitrogens is 2. The maximum absolute atomic E-state index is 11.1. The molecule has 144 valence electrons. The lowest BCUT2D eigenvalue weighted by molar-refractivity contribution is -0.124. The van der Waals surface area contributed by atoms with Crippen molar-refractivity contribution in [2.45, 2.75) is 26.3 Å². The highest BCUT2D eigenvalue weighted by Crippen LogP contribution is 2.22. The predicted octanol–water partition coefficient (Wildman–Crippen LogP) is 2.76. The monoisotopic (exact) mass is 376 g/mol. The third-order valence-electron chi connectivity index (χ3n) is 5.38. The van der Waals surface area contributed by atoms with Crippen molar-refractivity contribution in [3.8, 4) is 0 Å². The van der Waals surface area contributed by atoms with Gasteiger partial charge in [0.2, 0.25) is 0 Å². The van der Waals surface area contributed by atoms with E-state index in [0.717, 1.165) is 43.7 Å². The summed E-state index contributed by atoms with van der Waals surface area (Å²) in [6.45, 7) is 5.05. The van der Waals surface area contributed by atoms with E-state index in [1.807, 2.05) is 22.8 Å². The molecule has 0 saturated heterocycles. The molecule has 1 aliphatic heterocycles. The maximum Gasteiger partial charge on any atom is 0.267 e. The number of hydrogen-bond acceptors (Lipinski definition) is 4. The average Bonchev–Trinajstić information content (AvgIpc) is 3.05. The molecule has 28 heavy (non-hydrogen) atoms. The van der Waals surface area contributed by atoms with Crippen molar-refractivity contribution >= 4 is 17.5 Å². The Bertz CT molecular complexity index is 1040. The Labute approximate surface area is 164 Å². The number of fused-ring (bicyclic) bond motifs is 2. The van der Waals surface area contributed by atoms with Crippen LogP contribution in [0.25, 0.3) is 11.6 Å². The Morgan fingerprint density at radius 2 is 2.18 bits per heavy atom. The molecular formula is C22H24N4O2. The Hall–Kier alpha value is -2.96.